The Hall–Kier alpha value is -3.14. The maximum absolute atomic E-state index is 13.5. The lowest BCUT2D eigenvalue weighted by molar-refractivity contribution is -0.274. The van der Waals surface area contributed by atoms with Crippen LogP contribution in [0, 0.1) is 6.92 Å². The number of aryl methyl sites for hydroxylation is 2. The van der Waals surface area contributed by atoms with E-state index in [1.54, 1.807) is 16.8 Å². The van der Waals surface area contributed by atoms with Gasteiger partial charge in [0.25, 0.3) is 5.91 Å². The molecule has 1 aromatic carbocycles. The van der Waals surface area contributed by atoms with E-state index >= 15 is 0 Å². The molecule has 0 atom stereocenters. The Kier molecular flexibility index (Phi) is 5.71. The molecule has 0 bridgehead atoms. The summed E-state index contributed by atoms with van der Waals surface area (Å²) in [5.41, 5.74) is 4.08. The normalized spacial score (nSPS) is 17.4. The van der Waals surface area contributed by atoms with Gasteiger partial charge in [0.15, 0.2) is 5.65 Å². The zero-order valence-corrected chi connectivity index (χ0v) is 19.1. The Labute approximate surface area is 195 Å². The Morgan fingerprint density at radius 1 is 1.12 bits per heavy atom. The molecule has 0 radical (unpaired) electrons. The van der Waals surface area contributed by atoms with E-state index in [1.807, 2.05) is 24.9 Å². The summed E-state index contributed by atoms with van der Waals surface area (Å²) >= 11 is 0. The van der Waals surface area contributed by atoms with Gasteiger partial charge in [-0.25, -0.2) is 4.98 Å². The molecule has 3 aromatic rings. The number of aromatic nitrogens is 3. The molecular formula is C24H26F3N5O2. The van der Waals surface area contributed by atoms with Crippen molar-refractivity contribution < 1.29 is 22.7 Å². The highest BCUT2D eigenvalue weighted by Gasteiger charge is 2.32. The summed E-state index contributed by atoms with van der Waals surface area (Å²) in [6, 6.07) is 7.87. The van der Waals surface area contributed by atoms with Crippen molar-refractivity contribution in [2.75, 3.05) is 26.2 Å². The van der Waals surface area contributed by atoms with Crippen LogP contribution in [0.15, 0.2) is 30.3 Å². The fourth-order valence-corrected chi connectivity index (χ4v) is 4.56. The van der Waals surface area contributed by atoms with Gasteiger partial charge in [-0.05, 0) is 43.5 Å². The zero-order chi connectivity index (χ0) is 24.0. The van der Waals surface area contributed by atoms with Gasteiger partial charge in [0.2, 0.25) is 0 Å². The van der Waals surface area contributed by atoms with E-state index in [9.17, 15) is 18.0 Å². The maximum atomic E-state index is 13.5. The van der Waals surface area contributed by atoms with Crippen LogP contribution in [-0.2, 0) is 13.6 Å². The number of hydrogen-bond acceptors (Lipinski definition) is 5. The van der Waals surface area contributed by atoms with Gasteiger partial charge in [-0.2, -0.15) is 5.10 Å². The topological polar surface area (TPSA) is 63.5 Å². The van der Waals surface area contributed by atoms with Crippen molar-refractivity contribution in [3.63, 3.8) is 0 Å². The van der Waals surface area contributed by atoms with Crippen LogP contribution in [0.4, 0.5) is 13.2 Å². The highest BCUT2D eigenvalue weighted by molar-refractivity contribution is 6.06. The Balaban J connectivity index is 1.26. The number of rotatable bonds is 5. The number of benzene rings is 1. The van der Waals surface area contributed by atoms with Crippen molar-refractivity contribution >= 4 is 16.9 Å². The first-order valence-electron chi connectivity index (χ1n) is 11.4. The number of ether oxygens (including phenoxy) is 1. The molecule has 1 saturated carbocycles. The van der Waals surface area contributed by atoms with Crippen molar-refractivity contribution in [1.82, 2.24) is 24.6 Å². The standard InChI is InChI=1S/C24H26F3N5O2/c1-15-21-19(13-20(17-5-6-17)28-22(21)30(2)29-15)23(33)32-11-9-31(10-12-32)14-16-3-7-18(8-4-16)34-24(25,26)27/h3-4,7-8,13,17H,5-6,9-12,14H2,1-2H3. The molecule has 5 rings (SSSR count). The summed E-state index contributed by atoms with van der Waals surface area (Å²) in [6.07, 6.45) is -2.49. The number of carbonyl (C=O) groups excluding carboxylic acids is 1. The summed E-state index contributed by atoms with van der Waals surface area (Å²) in [6.45, 7) is 5.03. The minimum Gasteiger partial charge on any atom is -0.406 e. The molecule has 1 saturated heterocycles. The summed E-state index contributed by atoms with van der Waals surface area (Å²) < 4.78 is 42.7. The van der Waals surface area contributed by atoms with E-state index in [2.05, 4.69) is 14.7 Å². The predicted molar refractivity (Wildman–Crippen MR) is 120 cm³/mol. The Morgan fingerprint density at radius 2 is 1.79 bits per heavy atom. The molecule has 2 aliphatic rings. The van der Waals surface area contributed by atoms with Gasteiger partial charge in [-0.15, -0.1) is 13.2 Å². The molecule has 3 heterocycles. The SMILES string of the molecule is Cc1nn(C)c2nc(C3CC3)cc(C(=O)N3CCN(Cc4ccc(OC(F)(F)F)cc4)CC3)c12. The van der Waals surface area contributed by atoms with Crippen molar-refractivity contribution in [2.45, 2.75) is 38.6 Å². The van der Waals surface area contributed by atoms with Crippen LogP contribution in [0.2, 0.25) is 0 Å². The minimum absolute atomic E-state index is 0.00120. The second-order valence-corrected chi connectivity index (χ2v) is 9.04. The van der Waals surface area contributed by atoms with Crippen LogP contribution in [0.3, 0.4) is 0 Å². The summed E-state index contributed by atoms with van der Waals surface area (Å²) in [7, 11) is 1.85. The molecular weight excluding hydrogens is 447 g/mol. The van der Waals surface area contributed by atoms with Crippen molar-refractivity contribution in [2.24, 2.45) is 7.05 Å². The van der Waals surface area contributed by atoms with Crippen LogP contribution in [0.1, 0.15) is 46.1 Å². The molecule has 2 aromatic heterocycles. The number of nitrogens with zero attached hydrogens (tertiary/aromatic N) is 5. The van der Waals surface area contributed by atoms with E-state index in [4.69, 9.17) is 4.98 Å². The van der Waals surface area contributed by atoms with Crippen LogP contribution in [-0.4, -0.2) is 63.0 Å². The van der Waals surface area contributed by atoms with Gasteiger partial charge in [-0.3, -0.25) is 14.4 Å². The number of amides is 1. The van der Waals surface area contributed by atoms with Crippen molar-refractivity contribution in [3.8, 4) is 5.75 Å². The quantitative estimate of drug-likeness (QED) is 0.560. The Morgan fingerprint density at radius 3 is 2.41 bits per heavy atom. The molecule has 1 aliphatic heterocycles. The number of pyridine rings is 1. The summed E-state index contributed by atoms with van der Waals surface area (Å²) in [5.74, 6) is 0.196. The van der Waals surface area contributed by atoms with E-state index in [0.29, 0.717) is 44.2 Å². The van der Waals surface area contributed by atoms with E-state index in [-0.39, 0.29) is 11.7 Å². The number of fused-ring (bicyclic) bond motifs is 1. The smallest absolute Gasteiger partial charge is 0.406 e. The van der Waals surface area contributed by atoms with E-state index in [1.165, 1.54) is 12.1 Å². The molecule has 1 aliphatic carbocycles. The molecule has 0 N–H and O–H groups in total. The lowest BCUT2D eigenvalue weighted by atomic mass is 10.1. The zero-order valence-electron chi connectivity index (χ0n) is 19.1. The first-order valence-corrected chi connectivity index (χ1v) is 11.4. The van der Waals surface area contributed by atoms with E-state index in [0.717, 1.165) is 40.8 Å². The highest BCUT2D eigenvalue weighted by atomic mass is 19.4. The summed E-state index contributed by atoms with van der Waals surface area (Å²) in [5, 5.41) is 5.31. The Bertz CT molecular complexity index is 1210. The monoisotopic (exact) mass is 473 g/mol. The first kappa shape index (κ1) is 22.6. The molecule has 1 amide bonds. The third-order valence-electron chi connectivity index (χ3n) is 6.44. The third-order valence-corrected chi connectivity index (χ3v) is 6.44. The number of halogens is 3. The molecule has 180 valence electrons. The minimum atomic E-state index is -4.70. The van der Waals surface area contributed by atoms with Gasteiger partial charge < -0.3 is 9.64 Å². The molecule has 2 fully saturated rings. The van der Waals surface area contributed by atoms with Crippen molar-refractivity contribution in [3.05, 3.63) is 52.8 Å². The third kappa shape index (κ3) is 4.72. The lowest BCUT2D eigenvalue weighted by Crippen LogP contribution is -2.48. The van der Waals surface area contributed by atoms with E-state index < -0.39 is 6.36 Å². The predicted octanol–water partition coefficient (Wildman–Crippen LogP) is 4.01. The molecule has 0 unspecified atom stereocenters. The number of hydrogen-bond donors (Lipinski definition) is 0. The van der Waals surface area contributed by atoms with Gasteiger partial charge in [0.05, 0.1) is 16.6 Å². The van der Waals surface area contributed by atoms with Gasteiger partial charge in [0, 0.05) is 51.4 Å². The van der Waals surface area contributed by atoms with Crippen LogP contribution >= 0.6 is 0 Å². The molecule has 0 spiro atoms. The average Bonchev–Trinajstić information content (AvgIpc) is 3.60. The molecule has 34 heavy (non-hydrogen) atoms. The van der Waals surface area contributed by atoms with Crippen LogP contribution < -0.4 is 4.74 Å². The molecule has 10 heteroatoms. The van der Waals surface area contributed by atoms with Gasteiger partial charge in [-0.1, -0.05) is 12.1 Å². The maximum Gasteiger partial charge on any atom is 0.573 e. The largest absolute Gasteiger partial charge is 0.573 e. The van der Waals surface area contributed by atoms with Crippen LogP contribution in [0.5, 0.6) is 5.75 Å². The van der Waals surface area contributed by atoms with Gasteiger partial charge >= 0.3 is 6.36 Å². The number of carbonyl (C=O) groups is 1. The molecule has 7 nitrogen and oxygen atoms in total. The van der Waals surface area contributed by atoms with Gasteiger partial charge in [0.1, 0.15) is 5.75 Å². The highest BCUT2D eigenvalue weighted by Crippen LogP contribution is 2.40. The van der Waals surface area contributed by atoms with Crippen molar-refractivity contribution in [1.29, 1.82) is 0 Å². The van der Waals surface area contributed by atoms with Crippen LogP contribution in [0.25, 0.3) is 11.0 Å². The first-order chi connectivity index (χ1) is 16.2. The summed E-state index contributed by atoms with van der Waals surface area (Å²) in [4.78, 5) is 22.4. The average molecular weight is 473 g/mol. The number of piperazine rings is 1. The fourth-order valence-electron chi connectivity index (χ4n) is 4.56. The fraction of sp³-hybridized carbons (Fsp3) is 0.458. The number of alkyl halides is 3. The lowest BCUT2D eigenvalue weighted by Gasteiger charge is -2.35. The second-order valence-electron chi connectivity index (χ2n) is 9.04. The second kappa shape index (κ2) is 8.57.